The Labute approximate surface area is 168 Å². The SMILES string of the molecule is CCNC(=NCC1(C(=O)N(C)C)CCCC1)NC1CCS(=O)(=O)C1.I. The first-order valence-corrected chi connectivity index (χ1v) is 10.6. The summed E-state index contributed by atoms with van der Waals surface area (Å²) < 4.78 is 23.2. The lowest BCUT2D eigenvalue weighted by atomic mass is 9.85. The summed E-state index contributed by atoms with van der Waals surface area (Å²) in [6, 6.07) is -0.100. The van der Waals surface area contributed by atoms with Crippen molar-refractivity contribution < 1.29 is 13.2 Å². The second-order valence-electron chi connectivity index (χ2n) is 7.13. The van der Waals surface area contributed by atoms with Gasteiger partial charge < -0.3 is 15.5 Å². The highest BCUT2D eigenvalue weighted by Crippen LogP contribution is 2.39. The van der Waals surface area contributed by atoms with Gasteiger partial charge in [-0.1, -0.05) is 12.8 Å². The number of hydrogen-bond acceptors (Lipinski definition) is 4. The Balaban J connectivity index is 0.00000312. The molecule has 1 saturated heterocycles. The van der Waals surface area contributed by atoms with Crippen LogP contribution in [0.4, 0.5) is 0 Å². The van der Waals surface area contributed by atoms with Gasteiger partial charge in [-0.05, 0) is 26.2 Å². The third kappa shape index (κ3) is 5.97. The van der Waals surface area contributed by atoms with E-state index in [-0.39, 0.29) is 47.4 Å². The molecule has 0 aromatic heterocycles. The summed E-state index contributed by atoms with van der Waals surface area (Å²) in [6.45, 7) is 3.11. The molecule has 1 aliphatic carbocycles. The monoisotopic (exact) mass is 486 g/mol. The molecule has 146 valence electrons. The van der Waals surface area contributed by atoms with Gasteiger partial charge in [0.1, 0.15) is 0 Å². The molecule has 2 N–H and O–H groups in total. The summed E-state index contributed by atoms with van der Waals surface area (Å²) >= 11 is 0. The van der Waals surface area contributed by atoms with Gasteiger partial charge in [0, 0.05) is 26.7 Å². The molecule has 1 unspecified atom stereocenters. The lowest BCUT2D eigenvalue weighted by Crippen LogP contribution is -2.46. The van der Waals surface area contributed by atoms with Crippen LogP contribution in [-0.2, 0) is 14.6 Å². The van der Waals surface area contributed by atoms with Gasteiger partial charge in [0.2, 0.25) is 5.91 Å². The van der Waals surface area contributed by atoms with Crippen LogP contribution >= 0.6 is 24.0 Å². The fourth-order valence-corrected chi connectivity index (χ4v) is 5.29. The zero-order valence-corrected chi connectivity index (χ0v) is 18.5. The molecule has 9 heteroatoms. The van der Waals surface area contributed by atoms with Gasteiger partial charge in [-0.3, -0.25) is 9.79 Å². The minimum Gasteiger partial charge on any atom is -0.357 e. The maximum Gasteiger partial charge on any atom is 0.230 e. The fraction of sp³-hybridized carbons (Fsp3) is 0.875. The number of sulfone groups is 1. The summed E-state index contributed by atoms with van der Waals surface area (Å²) in [5.41, 5.74) is -0.409. The minimum atomic E-state index is -2.93. The first kappa shape index (κ1) is 22.5. The molecule has 1 aliphatic heterocycles. The van der Waals surface area contributed by atoms with Gasteiger partial charge in [-0.25, -0.2) is 8.42 Å². The summed E-state index contributed by atoms with van der Waals surface area (Å²) in [4.78, 5) is 18.9. The average molecular weight is 486 g/mol. The van der Waals surface area contributed by atoms with Crippen LogP contribution in [0.2, 0.25) is 0 Å². The lowest BCUT2D eigenvalue weighted by molar-refractivity contribution is -0.138. The Bertz CT molecular complexity index is 586. The van der Waals surface area contributed by atoms with Crippen molar-refractivity contribution in [3.63, 3.8) is 0 Å². The molecule has 1 atom stereocenters. The van der Waals surface area contributed by atoms with E-state index in [2.05, 4.69) is 15.6 Å². The van der Waals surface area contributed by atoms with Gasteiger partial charge in [0.15, 0.2) is 15.8 Å². The molecule has 1 amide bonds. The number of nitrogens with one attached hydrogen (secondary N) is 2. The largest absolute Gasteiger partial charge is 0.357 e. The van der Waals surface area contributed by atoms with E-state index in [1.54, 1.807) is 19.0 Å². The van der Waals surface area contributed by atoms with Crippen LogP contribution in [0.25, 0.3) is 0 Å². The number of carbonyl (C=O) groups excluding carboxylic acids is 1. The second-order valence-corrected chi connectivity index (χ2v) is 9.36. The fourth-order valence-electron chi connectivity index (χ4n) is 3.62. The second kappa shape index (κ2) is 9.38. The normalized spacial score (nSPS) is 24.4. The highest BCUT2D eigenvalue weighted by atomic mass is 127. The smallest absolute Gasteiger partial charge is 0.230 e. The molecular weight excluding hydrogens is 455 g/mol. The first-order chi connectivity index (χ1) is 11.3. The standard InChI is InChI=1S/C16H30N4O3S.HI/c1-4-17-15(19-13-7-10-24(22,23)11-13)18-12-16(8-5-6-9-16)14(21)20(2)3;/h13H,4-12H2,1-3H3,(H2,17,18,19);1H. The maximum atomic E-state index is 12.6. The maximum absolute atomic E-state index is 12.6. The predicted molar refractivity (Wildman–Crippen MR) is 111 cm³/mol. The Morgan fingerprint density at radius 3 is 2.40 bits per heavy atom. The number of hydrogen-bond donors (Lipinski definition) is 2. The molecule has 0 spiro atoms. The molecule has 1 saturated carbocycles. The van der Waals surface area contributed by atoms with E-state index in [0.29, 0.717) is 25.5 Å². The van der Waals surface area contributed by atoms with Gasteiger partial charge in [0.25, 0.3) is 0 Å². The van der Waals surface area contributed by atoms with Gasteiger partial charge in [-0.15, -0.1) is 24.0 Å². The van der Waals surface area contributed by atoms with E-state index >= 15 is 0 Å². The highest BCUT2D eigenvalue weighted by molar-refractivity contribution is 14.0. The van der Waals surface area contributed by atoms with Crippen LogP contribution < -0.4 is 10.6 Å². The molecule has 2 aliphatic rings. The van der Waals surface area contributed by atoms with Crippen molar-refractivity contribution in [3.8, 4) is 0 Å². The third-order valence-corrected chi connectivity index (χ3v) is 6.65. The Hall–Kier alpha value is -0.580. The summed E-state index contributed by atoms with van der Waals surface area (Å²) in [5, 5.41) is 6.38. The molecule has 0 aromatic rings. The van der Waals surface area contributed by atoms with Crippen LogP contribution in [0.3, 0.4) is 0 Å². The number of guanidine groups is 1. The number of amides is 1. The molecule has 7 nitrogen and oxygen atoms in total. The third-order valence-electron chi connectivity index (χ3n) is 4.88. The van der Waals surface area contributed by atoms with Crippen LogP contribution in [0.5, 0.6) is 0 Å². The average Bonchev–Trinajstić information content (AvgIpc) is 3.11. The summed E-state index contributed by atoms with van der Waals surface area (Å²) in [7, 11) is 0.652. The molecule has 2 rings (SSSR count). The lowest BCUT2D eigenvalue weighted by Gasteiger charge is -2.29. The molecule has 1 heterocycles. The van der Waals surface area contributed by atoms with E-state index in [1.165, 1.54) is 0 Å². The summed E-state index contributed by atoms with van der Waals surface area (Å²) in [5.74, 6) is 1.13. The molecule has 0 bridgehead atoms. The van der Waals surface area contributed by atoms with Crippen molar-refractivity contribution in [2.45, 2.75) is 45.1 Å². The van der Waals surface area contributed by atoms with Gasteiger partial charge in [-0.2, -0.15) is 0 Å². The van der Waals surface area contributed by atoms with E-state index in [9.17, 15) is 13.2 Å². The number of nitrogens with zero attached hydrogens (tertiary/aromatic N) is 2. The Morgan fingerprint density at radius 1 is 1.28 bits per heavy atom. The molecule has 25 heavy (non-hydrogen) atoms. The van der Waals surface area contributed by atoms with Gasteiger partial charge in [0.05, 0.1) is 23.5 Å². The van der Waals surface area contributed by atoms with E-state index in [1.807, 2.05) is 6.92 Å². The topological polar surface area (TPSA) is 90.9 Å². The molecule has 2 fully saturated rings. The van der Waals surface area contributed by atoms with Crippen molar-refractivity contribution in [1.82, 2.24) is 15.5 Å². The predicted octanol–water partition coefficient (Wildman–Crippen LogP) is 0.995. The van der Waals surface area contributed by atoms with E-state index < -0.39 is 15.3 Å². The quantitative estimate of drug-likeness (QED) is 0.344. The van der Waals surface area contributed by atoms with Crippen molar-refractivity contribution in [2.24, 2.45) is 10.4 Å². The summed E-state index contributed by atoms with van der Waals surface area (Å²) in [6.07, 6.45) is 4.45. The molecular formula is C16H31IN4O3S. The van der Waals surface area contributed by atoms with Crippen LogP contribution in [-0.4, -0.2) is 69.9 Å². The van der Waals surface area contributed by atoms with Crippen LogP contribution in [0, 0.1) is 5.41 Å². The zero-order valence-electron chi connectivity index (χ0n) is 15.4. The van der Waals surface area contributed by atoms with E-state index in [0.717, 1.165) is 25.7 Å². The minimum absolute atomic E-state index is 0. The van der Waals surface area contributed by atoms with Crippen molar-refractivity contribution in [1.29, 1.82) is 0 Å². The molecule has 0 radical (unpaired) electrons. The number of aliphatic imine (C=N–C) groups is 1. The van der Waals surface area contributed by atoms with Crippen LogP contribution in [0.15, 0.2) is 4.99 Å². The van der Waals surface area contributed by atoms with Crippen LogP contribution in [0.1, 0.15) is 39.0 Å². The first-order valence-electron chi connectivity index (χ1n) is 8.75. The highest BCUT2D eigenvalue weighted by Gasteiger charge is 2.42. The number of halogens is 1. The zero-order chi connectivity index (χ0) is 17.8. The van der Waals surface area contributed by atoms with Crippen molar-refractivity contribution >= 4 is 45.7 Å². The number of rotatable bonds is 5. The molecule has 0 aromatic carbocycles. The van der Waals surface area contributed by atoms with Crippen molar-refractivity contribution in [3.05, 3.63) is 0 Å². The van der Waals surface area contributed by atoms with E-state index in [4.69, 9.17) is 0 Å². The Kier molecular flexibility index (Phi) is 8.43. The van der Waals surface area contributed by atoms with Crippen molar-refractivity contribution in [2.75, 3.05) is 38.7 Å². The Morgan fingerprint density at radius 2 is 1.92 bits per heavy atom. The number of carbonyl (C=O) groups is 1. The van der Waals surface area contributed by atoms with Gasteiger partial charge >= 0.3 is 0 Å².